The predicted octanol–water partition coefficient (Wildman–Crippen LogP) is 4.22. The number of aliphatic carboxylic acids is 1. The number of alkyl halides is 6. The monoisotopic (exact) mass is 314 g/mol. The van der Waals surface area contributed by atoms with Crippen LogP contribution in [0.25, 0.3) is 0 Å². The molecule has 1 N–H and O–H groups in total. The zero-order valence-corrected chi connectivity index (χ0v) is 11.4. The highest BCUT2D eigenvalue weighted by atomic mass is 35.5. The van der Waals surface area contributed by atoms with Gasteiger partial charge in [0.1, 0.15) is 0 Å². The third kappa shape index (κ3) is 5.10. The van der Waals surface area contributed by atoms with E-state index in [1.165, 1.54) is 13.8 Å². The lowest BCUT2D eigenvalue weighted by Gasteiger charge is -2.33. The van der Waals surface area contributed by atoms with Crippen molar-refractivity contribution in [2.45, 2.75) is 42.6 Å². The summed E-state index contributed by atoms with van der Waals surface area (Å²) in [6, 6.07) is 0. The van der Waals surface area contributed by atoms with Crippen LogP contribution >= 0.6 is 34.8 Å². The molecule has 2 nitrogen and oxygen atoms in total. The summed E-state index contributed by atoms with van der Waals surface area (Å²) < 4.78 is 38.6. The van der Waals surface area contributed by atoms with Crippen molar-refractivity contribution in [1.29, 1.82) is 0 Å². The van der Waals surface area contributed by atoms with Gasteiger partial charge in [0.05, 0.1) is 6.42 Å². The fraction of sp³-hybridized carbons (Fsp3) is 0.889. The molecule has 0 amide bonds. The first-order valence-electron chi connectivity index (χ1n) is 4.60. The van der Waals surface area contributed by atoms with Gasteiger partial charge in [0, 0.05) is 11.8 Å². The molecule has 0 radical (unpaired) electrons. The van der Waals surface area contributed by atoms with Gasteiger partial charge >= 0.3 is 11.4 Å². The van der Waals surface area contributed by atoms with Gasteiger partial charge in [-0.05, 0) is 17.0 Å². The van der Waals surface area contributed by atoms with E-state index in [-0.39, 0.29) is 0 Å². The van der Waals surface area contributed by atoms with E-state index < -0.39 is 40.1 Å². The zero-order valence-electron chi connectivity index (χ0n) is 9.11. The van der Waals surface area contributed by atoms with E-state index in [1.54, 1.807) is 0 Å². The van der Waals surface area contributed by atoms with Gasteiger partial charge in [-0.15, -0.1) is 11.6 Å². The van der Waals surface area contributed by atoms with Gasteiger partial charge in [-0.3, -0.25) is 4.79 Å². The van der Waals surface area contributed by atoms with Gasteiger partial charge in [-0.25, -0.2) is 4.39 Å². The third-order valence-electron chi connectivity index (χ3n) is 2.31. The normalized spacial score (nSPS) is 18.6. The molecular formula is C9H12Cl3F3O2. The van der Waals surface area contributed by atoms with Gasteiger partial charge in [0.15, 0.2) is 0 Å². The number of halogens is 6. The Labute approximate surface area is 112 Å². The van der Waals surface area contributed by atoms with Crippen LogP contribution in [0.5, 0.6) is 0 Å². The summed E-state index contributed by atoms with van der Waals surface area (Å²) >= 11 is 15.2. The van der Waals surface area contributed by atoms with Crippen LogP contribution < -0.4 is 0 Å². The molecule has 0 bridgehead atoms. The summed E-state index contributed by atoms with van der Waals surface area (Å²) in [5.74, 6) is -1.17. The molecule has 0 saturated carbocycles. The van der Waals surface area contributed by atoms with Crippen LogP contribution in [0.1, 0.15) is 26.7 Å². The third-order valence-corrected chi connectivity index (χ3v) is 3.84. The smallest absolute Gasteiger partial charge is 0.369 e. The molecule has 0 saturated heterocycles. The second-order valence-electron chi connectivity index (χ2n) is 4.43. The van der Waals surface area contributed by atoms with Gasteiger partial charge in [0.2, 0.25) is 0 Å². The number of carboxylic acids is 1. The van der Waals surface area contributed by atoms with Gasteiger partial charge < -0.3 is 5.11 Å². The van der Waals surface area contributed by atoms with Crippen molar-refractivity contribution >= 4 is 40.8 Å². The van der Waals surface area contributed by atoms with Crippen molar-refractivity contribution < 1.29 is 23.1 Å². The summed E-state index contributed by atoms with van der Waals surface area (Å²) in [7, 11) is 0. The predicted molar refractivity (Wildman–Crippen MR) is 60.8 cm³/mol. The minimum absolute atomic E-state index is 0.401. The lowest BCUT2D eigenvalue weighted by atomic mass is 9.83. The number of hydrogen-bond acceptors (Lipinski definition) is 1. The van der Waals surface area contributed by atoms with E-state index in [2.05, 4.69) is 11.6 Å². The number of hydrogen-bond donors (Lipinski definition) is 1. The summed E-state index contributed by atoms with van der Waals surface area (Å²) in [5.41, 5.74) is -1.10. The Balaban J connectivity index is 4.75. The lowest BCUT2D eigenvalue weighted by Crippen LogP contribution is -2.40. The van der Waals surface area contributed by atoms with Crippen molar-refractivity contribution in [3.05, 3.63) is 0 Å². The first-order chi connectivity index (χ1) is 7.29. The Morgan fingerprint density at radius 3 is 2.00 bits per heavy atom. The van der Waals surface area contributed by atoms with E-state index in [9.17, 15) is 18.0 Å². The van der Waals surface area contributed by atoms with E-state index in [1.807, 2.05) is 0 Å². The average Bonchev–Trinajstić information content (AvgIpc) is 1.97. The Hall–Kier alpha value is 0.130. The summed E-state index contributed by atoms with van der Waals surface area (Å²) in [6.07, 6.45) is -1.37. The summed E-state index contributed by atoms with van der Waals surface area (Å²) in [5, 5.41) is -0.400. The molecule has 2 unspecified atom stereocenters. The Morgan fingerprint density at radius 1 is 1.29 bits per heavy atom. The maximum absolute atomic E-state index is 13.4. The van der Waals surface area contributed by atoms with Crippen LogP contribution in [-0.2, 0) is 4.79 Å². The molecule has 0 spiro atoms. The van der Waals surface area contributed by atoms with Gasteiger partial charge in [0.25, 0.3) is 5.13 Å². The molecule has 102 valence electrons. The van der Waals surface area contributed by atoms with Crippen molar-refractivity contribution in [3.8, 4) is 0 Å². The fourth-order valence-electron chi connectivity index (χ4n) is 1.12. The molecule has 17 heavy (non-hydrogen) atoms. The maximum atomic E-state index is 13.4. The maximum Gasteiger partial charge on any atom is 0.369 e. The van der Waals surface area contributed by atoms with Crippen LogP contribution in [0, 0.1) is 5.41 Å². The first-order valence-corrected chi connectivity index (χ1v) is 5.79. The molecule has 0 aromatic rings. The SMILES string of the molecule is CC(C)(CC(=O)O)C(Cl)CC(F)(Cl)C(F)(F)Cl. The second-order valence-corrected chi connectivity index (χ2v) is 6.03. The Kier molecular flexibility index (Phi) is 5.45. The largest absolute Gasteiger partial charge is 0.481 e. The molecule has 0 aliphatic rings. The quantitative estimate of drug-likeness (QED) is 0.745. The number of carboxylic acid groups (broad SMARTS) is 1. The zero-order chi connectivity index (χ0) is 14.1. The van der Waals surface area contributed by atoms with Crippen molar-refractivity contribution in [2.24, 2.45) is 5.41 Å². The molecule has 0 aliphatic carbocycles. The minimum atomic E-state index is -4.28. The van der Waals surface area contributed by atoms with Gasteiger partial charge in [-0.1, -0.05) is 25.4 Å². The molecule has 0 aliphatic heterocycles. The fourth-order valence-corrected chi connectivity index (χ4v) is 1.72. The molecule has 0 fully saturated rings. The van der Waals surface area contributed by atoms with Crippen molar-refractivity contribution in [1.82, 2.24) is 0 Å². The molecule has 0 aromatic carbocycles. The minimum Gasteiger partial charge on any atom is -0.481 e. The van der Waals surface area contributed by atoms with Crippen molar-refractivity contribution in [3.63, 3.8) is 0 Å². The number of rotatable bonds is 6. The van der Waals surface area contributed by atoms with Crippen LogP contribution in [0.2, 0.25) is 0 Å². The van der Waals surface area contributed by atoms with E-state index in [0.29, 0.717) is 0 Å². The van der Waals surface area contributed by atoms with E-state index in [4.69, 9.17) is 28.3 Å². The van der Waals surface area contributed by atoms with E-state index >= 15 is 0 Å². The molecule has 0 heterocycles. The Bertz CT molecular complexity index is 290. The highest BCUT2D eigenvalue weighted by Crippen LogP contribution is 2.46. The first kappa shape index (κ1) is 17.1. The highest BCUT2D eigenvalue weighted by molar-refractivity contribution is 6.33. The van der Waals surface area contributed by atoms with E-state index in [0.717, 1.165) is 0 Å². The topological polar surface area (TPSA) is 37.3 Å². The van der Waals surface area contributed by atoms with Crippen LogP contribution in [0.4, 0.5) is 13.2 Å². The van der Waals surface area contributed by atoms with Crippen LogP contribution in [0.15, 0.2) is 0 Å². The highest BCUT2D eigenvalue weighted by Gasteiger charge is 2.54. The Morgan fingerprint density at radius 2 is 1.71 bits per heavy atom. The number of carbonyl (C=O) groups is 1. The summed E-state index contributed by atoms with van der Waals surface area (Å²) in [6.45, 7) is 2.83. The molecule has 8 heteroatoms. The molecular weight excluding hydrogens is 303 g/mol. The molecule has 0 aromatic heterocycles. The standard InChI is InChI=1S/C9H12Cl3F3O2/c1-7(2,4-6(16)17)5(10)3-8(11,13)9(12,14)15/h5H,3-4H2,1-2H3,(H,16,17). The lowest BCUT2D eigenvalue weighted by molar-refractivity contribution is -0.139. The van der Waals surface area contributed by atoms with Crippen LogP contribution in [0.3, 0.4) is 0 Å². The average molecular weight is 316 g/mol. The van der Waals surface area contributed by atoms with Gasteiger partial charge in [-0.2, -0.15) is 8.78 Å². The summed E-state index contributed by atoms with van der Waals surface area (Å²) in [4.78, 5) is 10.5. The van der Waals surface area contributed by atoms with Crippen molar-refractivity contribution in [2.75, 3.05) is 0 Å². The molecule has 0 rings (SSSR count). The molecule has 2 atom stereocenters. The van der Waals surface area contributed by atoms with Crippen LogP contribution in [-0.4, -0.2) is 27.0 Å². The second kappa shape index (κ2) is 5.41.